The first-order valence-electron chi connectivity index (χ1n) is 10.7. The van der Waals surface area contributed by atoms with Crippen molar-refractivity contribution >= 4 is 11.8 Å². The van der Waals surface area contributed by atoms with Crippen molar-refractivity contribution in [2.24, 2.45) is 0 Å². The van der Waals surface area contributed by atoms with Crippen LogP contribution in [0.1, 0.15) is 42.3 Å². The molecule has 1 atom stereocenters. The molecule has 8 heteroatoms. The van der Waals surface area contributed by atoms with Crippen LogP contribution >= 0.6 is 0 Å². The number of fused-ring (bicyclic) bond motifs is 1. The Bertz CT molecular complexity index is 891. The first kappa shape index (κ1) is 21.2. The van der Waals surface area contributed by atoms with E-state index in [0.717, 1.165) is 25.9 Å². The van der Waals surface area contributed by atoms with E-state index in [-0.39, 0.29) is 31.3 Å². The van der Waals surface area contributed by atoms with Crippen molar-refractivity contribution in [2.45, 2.75) is 38.8 Å². The molecule has 0 bridgehead atoms. The van der Waals surface area contributed by atoms with Crippen LogP contribution in [0.5, 0.6) is 11.5 Å². The summed E-state index contributed by atoms with van der Waals surface area (Å²) in [6.07, 6.45) is 4.28. The molecule has 4 rings (SSSR count). The van der Waals surface area contributed by atoms with Crippen molar-refractivity contribution in [1.82, 2.24) is 9.80 Å². The quantitative estimate of drug-likeness (QED) is 0.611. The van der Waals surface area contributed by atoms with Crippen LogP contribution < -0.4 is 9.47 Å². The van der Waals surface area contributed by atoms with Gasteiger partial charge in [-0.05, 0) is 49.6 Å². The minimum Gasteiger partial charge on any atom is -0.467 e. The van der Waals surface area contributed by atoms with Crippen molar-refractivity contribution in [1.29, 1.82) is 0 Å². The van der Waals surface area contributed by atoms with E-state index < -0.39 is 0 Å². The van der Waals surface area contributed by atoms with Crippen molar-refractivity contribution in [2.75, 3.05) is 33.0 Å². The highest BCUT2D eigenvalue weighted by molar-refractivity contribution is 5.97. The van der Waals surface area contributed by atoms with Gasteiger partial charge in [0.05, 0.1) is 18.9 Å². The minimum atomic E-state index is -0.205. The molecule has 1 fully saturated rings. The number of benzene rings is 1. The zero-order valence-corrected chi connectivity index (χ0v) is 17.7. The maximum Gasteiger partial charge on any atom is 0.254 e. The second-order valence-corrected chi connectivity index (χ2v) is 7.78. The van der Waals surface area contributed by atoms with Crippen LogP contribution in [0.4, 0.5) is 0 Å². The predicted molar refractivity (Wildman–Crippen MR) is 112 cm³/mol. The summed E-state index contributed by atoms with van der Waals surface area (Å²) in [6, 6.07) is 8.75. The fraction of sp³-hybridized carbons (Fsp3) is 0.478. The number of ether oxygens (including phenoxy) is 3. The number of hydrogen-bond donors (Lipinski definition) is 0. The lowest BCUT2D eigenvalue weighted by molar-refractivity contribution is -0.134. The summed E-state index contributed by atoms with van der Waals surface area (Å²) in [4.78, 5) is 29.7. The van der Waals surface area contributed by atoms with Gasteiger partial charge in [0.2, 0.25) is 12.7 Å². The standard InChI is InChI=1S/C23H28N2O6/c1-2-9-24(23(27)17-7-8-20-21(12-17)31-16-30-20)15-22(26)25(13-18-5-3-10-28-18)14-19-6-4-11-29-19/h3,5,7-8,10,12,19H,2,4,6,9,11,13-16H2,1H3/t19-/m0/s1. The number of carbonyl (C=O) groups excluding carboxylic acids is 2. The molecule has 31 heavy (non-hydrogen) atoms. The normalized spacial score (nSPS) is 17.0. The van der Waals surface area contributed by atoms with Crippen LogP contribution in [0.2, 0.25) is 0 Å². The zero-order valence-electron chi connectivity index (χ0n) is 17.7. The van der Waals surface area contributed by atoms with Crippen molar-refractivity contribution in [3.8, 4) is 11.5 Å². The van der Waals surface area contributed by atoms with Crippen LogP contribution in [0.15, 0.2) is 41.0 Å². The Kier molecular flexibility index (Phi) is 6.76. The zero-order chi connectivity index (χ0) is 21.6. The molecule has 0 N–H and O–H groups in total. The summed E-state index contributed by atoms with van der Waals surface area (Å²) in [5.41, 5.74) is 0.474. The van der Waals surface area contributed by atoms with Crippen LogP contribution in [0.3, 0.4) is 0 Å². The van der Waals surface area contributed by atoms with Gasteiger partial charge >= 0.3 is 0 Å². The van der Waals surface area contributed by atoms with E-state index in [2.05, 4.69) is 0 Å². The van der Waals surface area contributed by atoms with E-state index in [0.29, 0.717) is 42.5 Å². The molecule has 2 aliphatic rings. The topological polar surface area (TPSA) is 81.5 Å². The lowest BCUT2D eigenvalue weighted by Gasteiger charge is -2.28. The Morgan fingerprint density at radius 3 is 2.74 bits per heavy atom. The van der Waals surface area contributed by atoms with Gasteiger partial charge in [-0.15, -0.1) is 0 Å². The highest BCUT2D eigenvalue weighted by Gasteiger charge is 2.27. The maximum absolute atomic E-state index is 13.3. The molecule has 0 spiro atoms. The van der Waals surface area contributed by atoms with Crippen molar-refractivity contribution < 1.29 is 28.2 Å². The Hall–Kier alpha value is -3.00. The van der Waals surface area contributed by atoms with Crippen LogP contribution in [-0.2, 0) is 16.1 Å². The largest absolute Gasteiger partial charge is 0.467 e. The molecule has 0 saturated carbocycles. The number of carbonyl (C=O) groups is 2. The Labute approximate surface area is 181 Å². The van der Waals surface area contributed by atoms with Crippen LogP contribution in [-0.4, -0.2) is 60.8 Å². The molecule has 8 nitrogen and oxygen atoms in total. The minimum absolute atomic E-state index is 0.00541. The molecule has 0 radical (unpaired) electrons. The lowest BCUT2D eigenvalue weighted by atomic mass is 10.1. The fourth-order valence-corrected chi connectivity index (χ4v) is 3.88. The van der Waals surface area contributed by atoms with E-state index in [9.17, 15) is 9.59 Å². The van der Waals surface area contributed by atoms with Gasteiger partial charge in [0, 0.05) is 25.3 Å². The molecule has 2 aromatic rings. The van der Waals surface area contributed by atoms with Gasteiger partial charge in [0.25, 0.3) is 5.91 Å². The Balaban J connectivity index is 1.47. The monoisotopic (exact) mass is 428 g/mol. The molecule has 166 valence electrons. The van der Waals surface area contributed by atoms with E-state index in [1.165, 1.54) is 0 Å². The summed E-state index contributed by atoms with van der Waals surface area (Å²) in [5, 5.41) is 0. The van der Waals surface area contributed by atoms with Crippen molar-refractivity contribution in [3.63, 3.8) is 0 Å². The van der Waals surface area contributed by atoms with Gasteiger partial charge in [0.1, 0.15) is 12.3 Å². The molecular weight excluding hydrogens is 400 g/mol. The third kappa shape index (κ3) is 5.19. The Morgan fingerprint density at radius 1 is 1.13 bits per heavy atom. The first-order valence-corrected chi connectivity index (χ1v) is 10.7. The summed E-state index contributed by atoms with van der Waals surface area (Å²) < 4.78 is 21.9. The van der Waals surface area contributed by atoms with E-state index in [1.54, 1.807) is 40.3 Å². The van der Waals surface area contributed by atoms with Gasteiger partial charge < -0.3 is 28.4 Å². The Morgan fingerprint density at radius 2 is 2.00 bits per heavy atom. The smallest absolute Gasteiger partial charge is 0.254 e. The van der Waals surface area contributed by atoms with Gasteiger partial charge in [-0.3, -0.25) is 9.59 Å². The molecule has 0 unspecified atom stereocenters. The predicted octanol–water partition coefficient (Wildman–Crippen LogP) is 3.07. The van der Waals surface area contributed by atoms with E-state index in [4.69, 9.17) is 18.6 Å². The number of hydrogen-bond acceptors (Lipinski definition) is 6. The average molecular weight is 428 g/mol. The lowest BCUT2D eigenvalue weighted by Crippen LogP contribution is -2.45. The third-order valence-corrected chi connectivity index (χ3v) is 5.45. The van der Waals surface area contributed by atoms with Gasteiger partial charge in [0.15, 0.2) is 11.5 Å². The maximum atomic E-state index is 13.3. The van der Waals surface area contributed by atoms with Gasteiger partial charge in [-0.2, -0.15) is 0 Å². The number of rotatable bonds is 9. The first-order chi connectivity index (χ1) is 15.1. The second kappa shape index (κ2) is 9.87. The molecule has 1 saturated heterocycles. The molecule has 1 aromatic carbocycles. The number of nitrogens with zero attached hydrogens (tertiary/aromatic N) is 2. The molecule has 3 heterocycles. The van der Waals surface area contributed by atoms with Gasteiger partial charge in [-0.1, -0.05) is 6.92 Å². The van der Waals surface area contributed by atoms with E-state index in [1.807, 2.05) is 13.0 Å². The summed E-state index contributed by atoms with van der Waals surface area (Å²) in [6.45, 7) is 4.16. The molecular formula is C23H28N2O6. The highest BCUT2D eigenvalue weighted by atomic mass is 16.7. The number of furan rings is 1. The molecule has 2 aliphatic heterocycles. The summed E-state index contributed by atoms with van der Waals surface area (Å²) in [5.74, 6) is 1.54. The van der Waals surface area contributed by atoms with Crippen molar-refractivity contribution in [3.05, 3.63) is 47.9 Å². The van der Waals surface area contributed by atoms with Gasteiger partial charge in [-0.25, -0.2) is 0 Å². The van der Waals surface area contributed by atoms with E-state index >= 15 is 0 Å². The highest BCUT2D eigenvalue weighted by Crippen LogP contribution is 2.32. The van der Waals surface area contributed by atoms with Crippen LogP contribution in [0.25, 0.3) is 0 Å². The number of amides is 2. The molecule has 1 aromatic heterocycles. The van der Waals surface area contributed by atoms with Crippen LogP contribution in [0, 0.1) is 0 Å². The third-order valence-electron chi connectivity index (χ3n) is 5.45. The fourth-order valence-electron chi connectivity index (χ4n) is 3.88. The summed E-state index contributed by atoms with van der Waals surface area (Å²) >= 11 is 0. The second-order valence-electron chi connectivity index (χ2n) is 7.78. The molecule has 0 aliphatic carbocycles. The summed E-state index contributed by atoms with van der Waals surface area (Å²) in [7, 11) is 0. The SMILES string of the molecule is CCCN(CC(=O)N(Cc1ccco1)C[C@@H]1CCCO1)C(=O)c1ccc2c(c1)OCO2. The average Bonchev–Trinajstić information content (AvgIpc) is 3.54. The molecule has 2 amide bonds.